The van der Waals surface area contributed by atoms with Crippen molar-refractivity contribution in [1.82, 2.24) is 5.43 Å². The van der Waals surface area contributed by atoms with Gasteiger partial charge in [-0.05, 0) is 89.5 Å². The molecular weight excluding hydrogens is 681 g/mol. The van der Waals surface area contributed by atoms with E-state index in [-0.39, 0.29) is 18.1 Å². The number of allylic oxidation sites excluding steroid dienone is 1. The first-order chi connectivity index (χ1) is 18.8. The predicted octanol–water partition coefficient (Wildman–Crippen LogP) is 7.18. The molecule has 0 aliphatic heterocycles. The first-order valence-corrected chi connectivity index (χ1v) is 13.6. The van der Waals surface area contributed by atoms with Crippen LogP contribution in [0.5, 0.6) is 11.5 Å². The summed E-state index contributed by atoms with van der Waals surface area (Å²) < 4.78 is 19.4. The van der Waals surface area contributed by atoms with Crippen LogP contribution in [0.3, 0.4) is 0 Å². The van der Waals surface area contributed by atoms with Crippen LogP contribution in [0.2, 0.25) is 0 Å². The largest absolute Gasteiger partial charge is 0.490 e. The number of nitro groups is 1. The smallest absolute Gasteiger partial charge is 0.307 e. The van der Waals surface area contributed by atoms with E-state index in [1.807, 2.05) is 25.1 Å². The van der Waals surface area contributed by atoms with Gasteiger partial charge >= 0.3 is 5.91 Å². The molecule has 4 rings (SSSR count). The van der Waals surface area contributed by atoms with Gasteiger partial charge in [0.05, 0.1) is 21.3 Å². The molecular formula is C28H23BrIN3O6. The molecule has 11 heteroatoms. The monoisotopic (exact) mass is 703 g/mol. The fourth-order valence-corrected chi connectivity index (χ4v) is 5.43. The lowest BCUT2D eigenvalue weighted by molar-refractivity contribution is -0.384. The van der Waals surface area contributed by atoms with Crippen molar-refractivity contribution in [2.24, 2.45) is 5.10 Å². The summed E-state index contributed by atoms with van der Waals surface area (Å²) >= 11 is 5.60. The van der Waals surface area contributed by atoms with Gasteiger partial charge in [0, 0.05) is 27.6 Å². The van der Waals surface area contributed by atoms with Gasteiger partial charge < -0.3 is 13.9 Å². The Morgan fingerprint density at radius 1 is 1.21 bits per heavy atom. The van der Waals surface area contributed by atoms with Gasteiger partial charge in [-0.3, -0.25) is 14.9 Å². The number of hydrazone groups is 1. The van der Waals surface area contributed by atoms with Crippen LogP contribution in [0.15, 0.2) is 81.2 Å². The van der Waals surface area contributed by atoms with E-state index in [9.17, 15) is 14.9 Å². The number of nitrogens with zero attached hydrogens (tertiary/aromatic N) is 2. The molecule has 1 N–H and O–H groups in total. The summed E-state index contributed by atoms with van der Waals surface area (Å²) in [5, 5.41) is 15.8. The van der Waals surface area contributed by atoms with E-state index in [4.69, 9.17) is 13.9 Å². The number of carbonyl (C=O) groups is 1. The molecule has 9 nitrogen and oxygen atoms in total. The van der Waals surface area contributed by atoms with Crippen LogP contribution >= 0.6 is 38.5 Å². The number of amides is 1. The van der Waals surface area contributed by atoms with Crippen LogP contribution in [-0.4, -0.2) is 23.7 Å². The fourth-order valence-electron chi connectivity index (χ4n) is 3.77. The standard InChI is InChI=1S/C28H23BrIN3O6/c1-3-5-19-10-18(15-31-32-28(34)25-13-20-12-21(29)14-23(30)26(20)39-25)11-24(37-4-2)27(19)38-16-17-6-8-22(9-7-17)33(35)36/h3,6-15H,1,4-5,16H2,2H3,(H,32,34)/b31-15-. The van der Waals surface area contributed by atoms with E-state index >= 15 is 0 Å². The molecule has 0 aliphatic carbocycles. The van der Waals surface area contributed by atoms with Gasteiger partial charge in [0.25, 0.3) is 5.69 Å². The molecule has 0 radical (unpaired) electrons. The van der Waals surface area contributed by atoms with Crippen LogP contribution < -0.4 is 14.9 Å². The maximum Gasteiger partial charge on any atom is 0.307 e. The van der Waals surface area contributed by atoms with Gasteiger partial charge in [-0.1, -0.05) is 22.0 Å². The number of nitro benzene ring substituents is 1. The lowest BCUT2D eigenvalue weighted by atomic mass is 10.1. The number of rotatable bonds is 11. The number of ether oxygens (including phenoxy) is 2. The number of nitrogens with one attached hydrogen (secondary N) is 1. The summed E-state index contributed by atoms with van der Waals surface area (Å²) in [6, 6.07) is 15.3. The number of hydrogen-bond donors (Lipinski definition) is 1. The molecule has 1 aromatic heterocycles. The van der Waals surface area contributed by atoms with Gasteiger partial charge in [-0.15, -0.1) is 6.58 Å². The van der Waals surface area contributed by atoms with E-state index in [0.29, 0.717) is 35.7 Å². The van der Waals surface area contributed by atoms with Crippen LogP contribution in [0.4, 0.5) is 5.69 Å². The normalized spacial score (nSPS) is 11.1. The third-order valence-corrected chi connectivity index (χ3v) is 6.75. The second kappa shape index (κ2) is 12.9. The summed E-state index contributed by atoms with van der Waals surface area (Å²) in [5.74, 6) is 0.715. The number of hydrogen-bond acceptors (Lipinski definition) is 7. The third kappa shape index (κ3) is 7.03. The second-order valence-corrected chi connectivity index (χ2v) is 10.3. The highest BCUT2D eigenvalue weighted by atomic mass is 127. The lowest BCUT2D eigenvalue weighted by Crippen LogP contribution is -2.16. The molecule has 0 bridgehead atoms. The van der Waals surface area contributed by atoms with Crippen molar-refractivity contribution < 1.29 is 23.6 Å². The zero-order valence-corrected chi connectivity index (χ0v) is 24.5. The summed E-state index contributed by atoms with van der Waals surface area (Å²) in [7, 11) is 0. The molecule has 0 fully saturated rings. The molecule has 0 saturated carbocycles. The Labute approximate surface area is 246 Å². The van der Waals surface area contributed by atoms with Crippen molar-refractivity contribution in [1.29, 1.82) is 0 Å². The number of furan rings is 1. The molecule has 1 amide bonds. The first kappa shape index (κ1) is 28.3. The van der Waals surface area contributed by atoms with E-state index in [1.54, 1.807) is 30.3 Å². The Morgan fingerprint density at radius 3 is 2.67 bits per heavy atom. The quantitative estimate of drug-likeness (QED) is 0.0582. The van der Waals surface area contributed by atoms with E-state index < -0.39 is 10.8 Å². The van der Waals surface area contributed by atoms with Gasteiger partial charge in [-0.25, -0.2) is 5.43 Å². The average molecular weight is 704 g/mol. The Morgan fingerprint density at radius 2 is 1.97 bits per heavy atom. The van der Waals surface area contributed by atoms with Crippen molar-refractivity contribution in [3.63, 3.8) is 0 Å². The maximum absolute atomic E-state index is 12.6. The highest BCUT2D eigenvalue weighted by molar-refractivity contribution is 14.1. The van der Waals surface area contributed by atoms with E-state index in [0.717, 1.165) is 24.6 Å². The SMILES string of the molecule is C=CCc1cc(/C=N\NC(=O)c2cc3cc(Br)cc(I)c3o2)cc(OCC)c1OCc1ccc([N+](=O)[O-])cc1. The molecule has 200 valence electrons. The predicted molar refractivity (Wildman–Crippen MR) is 161 cm³/mol. The maximum atomic E-state index is 12.6. The number of halogens is 2. The van der Waals surface area contributed by atoms with Crippen molar-refractivity contribution in [3.8, 4) is 11.5 Å². The minimum Gasteiger partial charge on any atom is -0.490 e. The molecule has 0 saturated heterocycles. The number of carbonyl (C=O) groups excluding carboxylic acids is 1. The fraction of sp³-hybridized carbons (Fsp3) is 0.143. The molecule has 1 heterocycles. The molecule has 0 spiro atoms. The van der Waals surface area contributed by atoms with Gasteiger partial charge in [0.15, 0.2) is 17.3 Å². The Balaban J connectivity index is 1.52. The first-order valence-electron chi connectivity index (χ1n) is 11.8. The Kier molecular flexibility index (Phi) is 9.36. The van der Waals surface area contributed by atoms with Crippen LogP contribution in [-0.2, 0) is 13.0 Å². The summed E-state index contributed by atoms with van der Waals surface area (Å²) in [4.78, 5) is 23.1. The lowest BCUT2D eigenvalue weighted by Gasteiger charge is -2.16. The molecule has 0 aliphatic rings. The van der Waals surface area contributed by atoms with Crippen molar-refractivity contribution in [3.05, 3.63) is 108 Å². The Hall–Kier alpha value is -3.71. The zero-order valence-electron chi connectivity index (χ0n) is 20.8. The minimum atomic E-state index is -0.478. The van der Waals surface area contributed by atoms with E-state index in [2.05, 4.69) is 55.6 Å². The van der Waals surface area contributed by atoms with E-state index in [1.165, 1.54) is 18.3 Å². The van der Waals surface area contributed by atoms with Crippen LogP contribution in [0.25, 0.3) is 11.0 Å². The second-order valence-electron chi connectivity index (χ2n) is 8.26. The molecule has 0 unspecified atom stereocenters. The molecule has 39 heavy (non-hydrogen) atoms. The molecule has 0 atom stereocenters. The minimum absolute atomic E-state index is 0.0139. The zero-order chi connectivity index (χ0) is 27.9. The van der Waals surface area contributed by atoms with Gasteiger partial charge in [0.2, 0.25) is 0 Å². The number of non-ortho nitro benzene ring substituents is 1. The van der Waals surface area contributed by atoms with Crippen LogP contribution in [0.1, 0.15) is 34.2 Å². The summed E-state index contributed by atoms with van der Waals surface area (Å²) in [5.41, 5.74) is 5.41. The number of fused-ring (bicyclic) bond motifs is 1. The van der Waals surface area contributed by atoms with Crippen molar-refractivity contribution in [2.45, 2.75) is 20.0 Å². The van der Waals surface area contributed by atoms with Crippen molar-refractivity contribution in [2.75, 3.05) is 6.61 Å². The van der Waals surface area contributed by atoms with Crippen LogP contribution in [0, 0.1) is 13.7 Å². The topological polar surface area (TPSA) is 116 Å². The highest BCUT2D eigenvalue weighted by Crippen LogP contribution is 2.34. The summed E-state index contributed by atoms with van der Waals surface area (Å²) in [6.45, 7) is 6.29. The van der Waals surface area contributed by atoms with Gasteiger partial charge in [-0.2, -0.15) is 5.10 Å². The summed E-state index contributed by atoms with van der Waals surface area (Å²) in [6.07, 6.45) is 3.75. The van der Waals surface area contributed by atoms with Gasteiger partial charge in [0.1, 0.15) is 12.2 Å². The molecule has 4 aromatic rings. The average Bonchev–Trinajstić information content (AvgIpc) is 3.33. The highest BCUT2D eigenvalue weighted by Gasteiger charge is 2.16. The van der Waals surface area contributed by atoms with Crippen molar-refractivity contribution >= 4 is 67.3 Å². The third-order valence-electron chi connectivity index (χ3n) is 5.49. The Bertz CT molecular complexity index is 1570. The number of benzene rings is 3. The molecule has 3 aromatic carbocycles.